The van der Waals surface area contributed by atoms with Gasteiger partial charge in [-0.2, -0.15) is 5.26 Å². The second-order valence-electron chi connectivity index (χ2n) is 7.99. The lowest BCUT2D eigenvalue weighted by atomic mass is 10.0. The van der Waals surface area contributed by atoms with Crippen LogP contribution in [-0.2, 0) is 14.8 Å². The summed E-state index contributed by atoms with van der Waals surface area (Å²) in [7, 11) is -3.76. The molecular weight excluding hydrogens is 410 g/mol. The second-order valence-corrected chi connectivity index (χ2v) is 9.61. The lowest BCUT2D eigenvalue weighted by Crippen LogP contribution is -2.28. The molecule has 1 amide bonds. The molecule has 3 rings (SSSR count). The van der Waals surface area contributed by atoms with E-state index in [0.717, 1.165) is 35.1 Å². The van der Waals surface area contributed by atoms with E-state index >= 15 is 0 Å². The van der Waals surface area contributed by atoms with Crippen molar-refractivity contribution >= 4 is 27.7 Å². The van der Waals surface area contributed by atoms with Crippen molar-refractivity contribution in [3.05, 3.63) is 63.7 Å². The number of nitrogens with zero attached hydrogens (tertiary/aromatic N) is 2. The summed E-state index contributed by atoms with van der Waals surface area (Å²) in [5, 5.41) is 9.39. The molecule has 0 bridgehead atoms. The van der Waals surface area contributed by atoms with Crippen molar-refractivity contribution < 1.29 is 13.2 Å². The van der Waals surface area contributed by atoms with Crippen molar-refractivity contribution in [1.82, 2.24) is 4.90 Å². The van der Waals surface area contributed by atoms with Gasteiger partial charge in [-0.1, -0.05) is 18.2 Å². The maximum absolute atomic E-state index is 13.1. The Morgan fingerprint density at radius 1 is 1.03 bits per heavy atom. The van der Waals surface area contributed by atoms with Gasteiger partial charge in [-0.25, -0.2) is 8.42 Å². The number of benzene rings is 2. The third kappa shape index (κ3) is 4.80. The Bertz CT molecular complexity index is 1160. The third-order valence-corrected chi connectivity index (χ3v) is 7.44. The van der Waals surface area contributed by atoms with Crippen LogP contribution in [0.4, 0.5) is 5.69 Å². The normalized spacial score (nSPS) is 14.4. The molecule has 2 aromatic rings. The highest BCUT2D eigenvalue weighted by molar-refractivity contribution is 7.92. The van der Waals surface area contributed by atoms with Gasteiger partial charge in [0.1, 0.15) is 11.6 Å². The number of carbonyl (C=O) groups is 1. The molecule has 1 saturated heterocycles. The molecule has 1 aliphatic rings. The number of carbonyl (C=O) groups excluding carboxylic acids is 1. The molecular formula is C24H27N3O3S. The molecule has 31 heavy (non-hydrogen) atoms. The molecule has 0 spiro atoms. The van der Waals surface area contributed by atoms with E-state index < -0.39 is 10.0 Å². The molecule has 0 atom stereocenters. The maximum Gasteiger partial charge on any atom is 0.264 e. The molecule has 1 aliphatic heterocycles. The van der Waals surface area contributed by atoms with Gasteiger partial charge in [0.15, 0.2) is 0 Å². The van der Waals surface area contributed by atoms with Gasteiger partial charge in [-0.05, 0) is 86.6 Å². The number of aryl methyl sites for hydroxylation is 2. The van der Waals surface area contributed by atoms with Crippen molar-refractivity contribution in [3.63, 3.8) is 0 Å². The SMILES string of the molecule is Cc1cc(C)c(C)c(S(=O)(=O)Nc2ccc(/C=C(\C#N)C(=O)N3CCCC3)cc2)c1C. The monoisotopic (exact) mass is 437 g/mol. The van der Waals surface area contributed by atoms with Crippen molar-refractivity contribution in [3.8, 4) is 6.07 Å². The zero-order chi connectivity index (χ0) is 22.8. The maximum atomic E-state index is 13.1. The third-order valence-electron chi connectivity index (χ3n) is 5.78. The Kier molecular flexibility index (Phi) is 6.51. The standard InChI is InChI=1S/C24H27N3O3S/c1-16-13-17(2)19(4)23(18(16)3)31(29,30)26-22-9-7-20(8-10-22)14-21(15-25)24(28)27-11-5-6-12-27/h7-10,13-14,26H,5-6,11-12H2,1-4H3/b21-14+. The van der Waals surface area contributed by atoms with E-state index in [4.69, 9.17) is 0 Å². The van der Waals surface area contributed by atoms with E-state index in [1.165, 1.54) is 6.08 Å². The van der Waals surface area contributed by atoms with Gasteiger partial charge in [0.25, 0.3) is 15.9 Å². The summed E-state index contributed by atoms with van der Waals surface area (Å²) >= 11 is 0. The zero-order valence-electron chi connectivity index (χ0n) is 18.3. The minimum absolute atomic E-state index is 0.0803. The molecule has 1 fully saturated rings. The summed E-state index contributed by atoms with van der Waals surface area (Å²) in [6, 6.07) is 10.6. The number of rotatable bonds is 5. The fourth-order valence-electron chi connectivity index (χ4n) is 3.84. The molecule has 1 heterocycles. The lowest BCUT2D eigenvalue weighted by Gasteiger charge is -2.17. The molecule has 0 aliphatic carbocycles. The number of nitriles is 1. The van der Waals surface area contributed by atoms with Crippen molar-refractivity contribution in [1.29, 1.82) is 5.26 Å². The smallest absolute Gasteiger partial charge is 0.264 e. The van der Waals surface area contributed by atoms with Crippen LogP contribution in [0, 0.1) is 39.0 Å². The lowest BCUT2D eigenvalue weighted by molar-refractivity contribution is -0.125. The minimum Gasteiger partial charge on any atom is -0.338 e. The number of likely N-dealkylation sites (tertiary alicyclic amines) is 1. The van der Waals surface area contributed by atoms with Crippen LogP contribution in [-0.4, -0.2) is 32.3 Å². The van der Waals surface area contributed by atoms with Gasteiger partial charge >= 0.3 is 0 Å². The first-order valence-electron chi connectivity index (χ1n) is 10.3. The van der Waals surface area contributed by atoms with E-state index in [2.05, 4.69) is 4.72 Å². The number of hydrogen-bond donors (Lipinski definition) is 1. The summed E-state index contributed by atoms with van der Waals surface area (Å²) in [5.74, 6) is -0.259. The van der Waals surface area contributed by atoms with Crippen molar-refractivity contribution in [2.24, 2.45) is 0 Å². The highest BCUT2D eigenvalue weighted by Crippen LogP contribution is 2.28. The molecule has 0 aromatic heterocycles. The number of amides is 1. The fourth-order valence-corrected chi connectivity index (χ4v) is 5.51. The second kappa shape index (κ2) is 8.94. The average molecular weight is 438 g/mol. The molecule has 7 heteroatoms. The van der Waals surface area contributed by atoms with E-state index in [1.807, 2.05) is 39.8 Å². The molecule has 1 N–H and O–H groups in total. The van der Waals surface area contributed by atoms with Crippen molar-refractivity contribution in [2.75, 3.05) is 17.8 Å². The summed E-state index contributed by atoms with van der Waals surface area (Å²) in [6.45, 7) is 8.78. The molecule has 6 nitrogen and oxygen atoms in total. The average Bonchev–Trinajstić information content (AvgIpc) is 3.26. The van der Waals surface area contributed by atoms with Crippen LogP contribution in [0.2, 0.25) is 0 Å². The Hall–Kier alpha value is -3.11. The minimum atomic E-state index is -3.76. The number of sulfonamides is 1. The van der Waals surface area contributed by atoms with Gasteiger partial charge in [0.05, 0.1) is 4.90 Å². The fraction of sp³-hybridized carbons (Fsp3) is 0.333. The Morgan fingerprint density at radius 2 is 1.58 bits per heavy atom. The van der Waals surface area contributed by atoms with E-state index in [0.29, 0.717) is 29.2 Å². The van der Waals surface area contributed by atoms with Crippen molar-refractivity contribution in [2.45, 2.75) is 45.4 Å². The molecule has 2 aromatic carbocycles. The first-order chi connectivity index (χ1) is 14.6. The Balaban J connectivity index is 1.84. The molecule has 0 radical (unpaired) electrons. The van der Waals surface area contributed by atoms with Crippen LogP contribution >= 0.6 is 0 Å². The quantitative estimate of drug-likeness (QED) is 0.559. The number of nitrogens with one attached hydrogen (secondary N) is 1. The van der Waals surface area contributed by atoms with Crippen LogP contribution in [0.25, 0.3) is 6.08 Å². The van der Waals surface area contributed by atoms with Crippen LogP contribution in [0.3, 0.4) is 0 Å². The summed E-state index contributed by atoms with van der Waals surface area (Å²) < 4.78 is 28.8. The highest BCUT2D eigenvalue weighted by Gasteiger charge is 2.23. The van der Waals surface area contributed by atoms with Gasteiger partial charge in [0, 0.05) is 18.8 Å². The van der Waals surface area contributed by atoms with Crippen LogP contribution in [0.15, 0.2) is 40.8 Å². The van der Waals surface area contributed by atoms with Gasteiger partial charge in [-0.3, -0.25) is 9.52 Å². The predicted octanol–water partition coefficient (Wildman–Crippen LogP) is 4.25. The largest absolute Gasteiger partial charge is 0.338 e. The summed E-state index contributed by atoms with van der Waals surface area (Å²) in [5.41, 5.74) is 4.47. The van der Waals surface area contributed by atoms with Crippen LogP contribution in [0.1, 0.15) is 40.7 Å². The van der Waals surface area contributed by atoms with Crippen LogP contribution < -0.4 is 4.72 Å². The van der Waals surface area contributed by atoms with Crippen LogP contribution in [0.5, 0.6) is 0 Å². The Labute approximate surface area is 184 Å². The van der Waals surface area contributed by atoms with Gasteiger partial charge < -0.3 is 4.90 Å². The predicted molar refractivity (Wildman–Crippen MR) is 122 cm³/mol. The summed E-state index contributed by atoms with van der Waals surface area (Å²) in [6.07, 6.45) is 3.45. The topological polar surface area (TPSA) is 90.3 Å². The summed E-state index contributed by atoms with van der Waals surface area (Å²) in [4.78, 5) is 14.4. The number of hydrogen-bond acceptors (Lipinski definition) is 4. The van der Waals surface area contributed by atoms with Gasteiger partial charge in [0.2, 0.25) is 0 Å². The Morgan fingerprint density at radius 3 is 2.10 bits per heavy atom. The first kappa shape index (κ1) is 22.6. The van der Waals surface area contributed by atoms with Gasteiger partial charge in [-0.15, -0.1) is 0 Å². The molecule has 162 valence electrons. The van der Waals surface area contributed by atoms with E-state index in [-0.39, 0.29) is 11.5 Å². The molecule has 0 saturated carbocycles. The zero-order valence-corrected chi connectivity index (χ0v) is 19.1. The number of anilines is 1. The van der Waals surface area contributed by atoms with E-state index in [1.54, 1.807) is 29.2 Å². The highest BCUT2D eigenvalue weighted by atomic mass is 32.2. The molecule has 0 unspecified atom stereocenters. The first-order valence-corrected chi connectivity index (χ1v) is 11.7. The van der Waals surface area contributed by atoms with E-state index in [9.17, 15) is 18.5 Å².